The molecule has 1 fully saturated rings. The van der Waals surface area contributed by atoms with Crippen LogP contribution in [0.4, 0.5) is 11.4 Å². The van der Waals surface area contributed by atoms with Crippen molar-refractivity contribution in [2.75, 3.05) is 49.8 Å². The second kappa shape index (κ2) is 7.32. The normalized spacial score (nSPS) is 17.4. The van der Waals surface area contributed by atoms with E-state index in [4.69, 9.17) is 4.74 Å². The third kappa shape index (κ3) is 3.33. The van der Waals surface area contributed by atoms with Gasteiger partial charge in [0.05, 0.1) is 30.7 Å². The number of hydrogen-bond acceptors (Lipinski definition) is 5. The van der Waals surface area contributed by atoms with E-state index < -0.39 is 11.7 Å². The van der Waals surface area contributed by atoms with Crippen molar-refractivity contribution >= 4 is 39.0 Å². The number of nitrogens with zero attached hydrogens (tertiary/aromatic N) is 3. The van der Waals surface area contributed by atoms with Crippen LogP contribution in [0.3, 0.4) is 0 Å². The molecule has 7 heteroatoms. The summed E-state index contributed by atoms with van der Waals surface area (Å²) in [4.78, 5) is 30.8. The molecule has 6 nitrogen and oxygen atoms in total. The van der Waals surface area contributed by atoms with Crippen molar-refractivity contribution in [3.63, 3.8) is 0 Å². The number of methoxy groups -OCH3 is 1. The van der Waals surface area contributed by atoms with Crippen LogP contribution in [0.15, 0.2) is 46.9 Å². The van der Waals surface area contributed by atoms with Gasteiger partial charge in [0, 0.05) is 30.7 Å². The van der Waals surface area contributed by atoms with Crippen LogP contribution in [0.1, 0.15) is 10.4 Å². The summed E-state index contributed by atoms with van der Waals surface area (Å²) in [7, 11) is 1.68. The maximum Gasteiger partial charge on any atom is 0.300 e. The molecule has 140 valence electrons. The first-order valence-corrected chi connectivity index (χ1v) is 9.64. The summed E-state index contributed by atoms with van der Waals surface area (Å²) in [6, 6.07) is 13.4. The molecule has 4 rings (SSSR count). The van der Waals surface area contributed by atoms with Crippen molar-refractivity contribution in [1.29, 1.82) is 0 Å². The van der Waals surface area contributed by atoms with Crippen LogP contribution in [0.5, 0.6) is 5.75 Å². The number of amides is 1. The summed E-state index contributed by atoms with van der Waals surface area (Å²) in [6.07, 6.45) is 0. The Morgan fingerprint density at radius 1 is 1.00 bits per heavy atom. The van der Waals surface area contributed by atoms with E-state index in [0.29, 0.717) is 17.9 Å². The first kappa shape index (κ1) is 18.0. The van der Waals surface area contributed by atoms with Crippen LogP contribution >= 0.6 is 15.9 Å². The molecule has 2 aromatic carbocycles. The molecule has 2 aromatic rings. The van der Waals surface area contributed by atoms with Gasteiger partial charge in [0.25, 0.3) is 5.78 Å². The predicted molar refractivity (Wildman–Crippen MR) is 108 cm³/mol. The number of hydrogen-bond donors (Lipinski definition) is 0. The van der Waals surface area contributed by atoms with Crippen LogP contribution in [-0.4, -0.2) is 56.5 Å². The maximum atomic E-state index is 12.4. The number of ketones is 1. The maximum absolute atomic E-state index is 12.4. The number of fused-ring (bicyclic) bond motifs is 1. The molecule has 0 N–H and O–H groups in total. The highest BCUT2D eigenvalue weighted by atomic mass is 79.9. The number of Topliss-reactive ketones (excluding diaryl/α,β-unsaturated/α-hetero) is 1. The molecule has 0 atom stereocenters. The van der Waals surface area contributed by atoms with Crippen LogP contribution < -0.4 is 14.5 Å². The van der Waals surface area contributed by atoms with Gasteiger partial charge in [0.1, 0.15) is 5.75 Å². The average molecular weight is 430 g/mol. The summed E-state index contributed by atoms with van der Waals surface area (Å²) < 4.78 is 6.26. The molecule has 0 saturated carbocycles. The van der Waals surface area contributed by atoms with Crippen molar-refractivity contribution in [2.45, 2.75) is 0 Å². The smallest absolute Gasteiger partial charge is 0.300 e. The number of anilines is 2. The van der Waals surface area contributed by atoms with E-state index in [2.05, 4.69) is 31.8 Å². The van der Waals surface area contributed by atoms with E-state index in [0.717, 1.165) is 42.1 Å². The highest BCUT2D eigenvalue weighted by Gasteiger charge is 2.37. The van der Waals surface area contributed by atoms with E-state index in [9.17, 15) is 9.59 Å². The Labute approximate surface area is 166 Å². The number of benzene rings is 2. The molecule has 2 heterocycles. The molecule has 0 radical (unpaired) electrons. The summed E-state index contributed by atoms with van der Waals surface area (Å²) in [5.41, 5.74) is 2.25. The third-order valence-corrected chi connectivity index (χ3v) is 5.57. The summed E-state index contributed by atoms with van der Waals surface area (Å²) in [5, 5.41) is 0. The van der Waals surface area contributed by atoms with E-state index in [1.165, 1.54) is 0 Å². The van der Waals surface area contributed by atoms with Gasteiger partial charge in [0.15, 0.2) is 0 Å². The van der Waals surface area contributed by atoms with Crippen molar-refractivity contribution < 1.29 is 14.3 Å². The molecule has 2 aliphatic rings. The fraction of sp³-hybridized carbons (Fsp3) is 0.300. The molecule has 1 saturated heterocycles. The van der Waals surface area contributed by atoms with Crippen molar-refractivity contribution in [3.8, 4) is 5.75 Å². The van der Waals surface area contributed by atoms with Gasteiger partial charge in [-0.1, -0.05) is 28.1 Å². The number of carbonyl (C=O) groups is 2. The van der Waals surface area contributed by atoms with Crippen LogP contribution in [0, 0.1) is 0 Å². The number of rotatable bonds is 4. The average Bonchev–Trinajstić information content (AvgIpc) is 2.93. The summed E-state index contributed by atoms with van der Waals surface area (Å²) in [6.45, 7) is 3.72. The number of halogens is 1. The number of ether oxygens (including phenoxy) is 1. The fourth-order valence-corrected chi connectivity index (χ4v) is 4.00. The molecule has 0 aromatic heterocycles. The first-order chi connectivity index (χ1) is 13.1. The van der Waals surface area contributed by atoms with Crippen LogP contribution in [0.2, 0.25) is 0 Å². The van der Waals surface area contributed by atoms with Crippen LogP contribution in [0.25, 0.3) is 0 Å². The zero-order valence-corrected chi connectivity index (χ0v) is 16.6. The van der Waals surface area contributed by atoms with Crippen LogP contribution in [-0.2, 0) is 4.79 Å². The minimum atomic E-state index is -0.449. The van der Waals surface area contributed by atoms with Gasteiger partial charge >= 0.3 is 5.91 Å². The molecular weight excluding hydrogens is 410 g/mol. The Kier molecular flexibility index (Phi) is 4.88. The molecular formula is C20H20BrN3O3. The predicted octanol–water partition coefficient (Wildman–Crippen LogP) is 2.77. The monoisotopic (exact) mass is 429 g/mol. The highest BCUT2D eigenvalue weighted by Crippen LogP contribution is 2.32. The Morgan fingerprint density at radius 3 is 2.48 bits per heavy atom. The fourth-order valence-electron chi connectivity index (χ4n) is 3.63. The van der Waals surface area contributed by atoms with Crippen molar-refractivity contribution in [3.05, 3.63) is 52.5 Å². The second-order valence-electron chi connectivity index (χ2n) is 6.64. The minimum absolute atomic E-state index is 0.430. The van der Waals surface area contributed by atoms with Gasteiger partial charge in [-0.15, -0.1) is 0 Å². The largest absolute Gasteiger partial charge is 0.495 e. The highest BCUT2D eigenvalue weighted by molar-refractivity contribution is 9.10. The van der Waals surface area contributed by atoms with E-state index >= 15 is 0 Å². The second-order valence-corrected chi connectivity index (χ2v) is 7.56. The SMILES string of the molecule is COc1ccccc1N1CCN(CN2C(=O)C(=O)c3cc(Br)ccc32)CC1. The minimum Gasteiger partial charge on any atom is -0.495 e. The molecule has 0 bridgehead atoms. The molecule has 0 spiro atoms. The number of piperazine rings is 1. The third-order valence-electron chi connectivity index (χ3n) is 5.07. The molecule has 1 amide bonds. The number of carbonyl (C=O) groups excluding carboxylic acids is 2. The lowest BCUT2D eigenvalue weighted by Crippen LogP contribution is -2.51. The zero-order valence-electron chi connectivity index (χ0n) is 15.0. The Morgan fingerprint density at radius 2 is 1.74 bits per heavy atom. The Balaban J connectivity index is 1.44. The summed E-state index contributed by atoms with van der Waals surface area (Å²) in [5.74, 6) is -0.0139. The lowest BCUT2D eigenvalue weighted by atomic mass is 10.1. The van der Waals surface area contributed by atoms with Gasteiger partial charge in [0.2, 0.25) is 0 Å². The van der Waals surface area contributed by atoms with E-state index in [1.807, 2.05) is 30.3 Å². The lowest BCUT2D eigenvalue weighted by Gasteiger charge is -2.38. The van der Waals surface area contributed by atoms with Crippen molar-refractivity contribution in [2.24, 2.45) is 0 Å². The van der Waals surface area contributed by atoms with Crippen molar-refractivity contribution in [1.82, 2.24) is 4.90 Å². The van der Waals surface area contributed by atoms with Gasteiger partial charge < -0.3 is 9.64 Å². The van der Waals surface area contributed by atoms with E-state index in [-0.39, 0.29) is 0 Å². The van der Waals surface area contributed by atoms with E-state index in [1.54, 1.807) is 18.1 Å². The van der Waals surface area contributed by atoms with Gasteiger partial charge in [-0.2, -0.15) is 0 Å². The lowest BCUT2D eigenvalue weighted by molar-refractivity contribution is -0.114. The molecule has 27 heavy (non-hydrogen) atoms. The number of para-hydroxylation sites is 2. The van der Waals surface area contributed by atoms with Gasteiger partial charge in [-0.3, -0.25) is 19.4 Å². The Bertz CT molecular complexity index is 894. The zero-order chi connectivity index (χ0) is 19.0. The first-order valence-electron chi connectivity index (χ1n) is 8.84. The molecule has 0 unspecified atom stereocenters. The topological polar surface area (TPSA) is 53.1 Å². The molecule has 2 aliphatic heterocycles. The molecule has 0 aliphatic carbocycles. The standard InChI is InChI=1S/C20H20BrN3O3/c1-27-18-5-3-2-4-17(18)23-10-8-22(9-11-23)13-24-16-7-6-14(21)12-15(16)19(25)20(24)26/h2-7,12H,8-11,13H2,1H3. The van der Waals surface area contributed by atoms with Gasteiger partial charge in [-0.05, 0) is 30.3 Å². The Hall–Kier alpha value is -2.38. The summed E-state index contributed by atoms with van der Waals surface area (Å²) >= 11 is 3.36. The van der Waals surface area contributed by atoms with Gasteiger partial charge in [-0.25, -0.2) is 0 Å². The quantitative estimate of drug-likeness (QED) is 0.699.